The fraction of sp³-hybridized carbons (Fsp3) is 0.0500. The molecule has 0 aliphatic carbocycles. The van der Waals surface area contributed by atoms with Crippen molar-refractivity contribution in [1.82, 2.24) is 4.98 Å². The van der Waals surface area contributed by atoms with Gasteiger partial charge in [-0.1, -0.05) is 17.7 Å². The van der Waals surface area contributed by atoms with Crippen molar-refractivity contribution in [3.63, 3.8) is 0 Å². The molecule has 3 heterocycles. The maximum atomic E-state index is 14.4. The van der Waals surface area contributed by atoms with Gasteiger partial charge in [0.15, 0.2) is 0 Å². The van der Waals surface area contributed by atoms with Gasteiger partial charge in [-0.2, -0.15) is 0 Å². The van der Waals surface area contributed by atoms with Crippen LogP contribution in [0.25, 0.3) is 20.9 Å². The lowest BCUT2D eigenvalue weighted by Crippen LogP contribution is -2.02. The molecule has 1 N–H and O–H groups in total. The van der Waals surface area contributed by atoms with E-state index in [4.69, 9.17) is 11.6 Å². The van der Waals surface area contributed by atoms with Gasteiger partial charge in [0.25, 0.3) is 0 Å². The molecule has 0 spiro atoms. The molecule has 1 aromatic carbocycles. The second kappa shape index (κ2) is 7.48. The molecule has 0 aliphatic heterocycles. The van der Waals surface area contributed by atoms with Crippen LogP contribution in [0.1, 0.15) is 17.2 Å². The Kier molecular flexibility index (Phi) is 5.06. The smallest absolute Gasteiger partial charge is 0.133 e. The number of pyridine rings is 1. The molecule has 1 atom stereocenters. The lowest BCUT2D eigenvalue weighted by Gasteiger charge is -2.15. The number of thiophene rings is 2. The van der Waals surface area contributed by atoms with Gasteiger partial charge in [0.1, 0.15) is 17.7 Å². The van der Waals surface area contributed by atoms with E-state index in [1.54, 1.807) is 36.0 Å². The molecular weight excluding hydrogens is 408 g/mol. The highest BCUT2D eigenvalue weighted by atomic mass is 35.5. The molecule has 0 aliphatic rings. The third-order valence-electron chi connectivity index (χ3n) is 4.12. The molecule has 0 saturated carbocycles. The highest BCUT2D eigenvalue weighted by Gasteiger charge is 2.25. The van der Waals surface area contributed by atoms with Crippen LogP contribution in [0.15, 0.2) is 60.2 Å². The van der Waals surface area contributed by atoms with Gasteiger partial charge in [-0.15, -0.1) is 22.7 Å². The third-order valence-corrected chi connectivity index (χ3v) is 6.53. The van der Waals surface area contributed by atoms with E-state index in [2.05, 4.69) is 4.98 Å². The first kappa shape index (κ1) is 18.3. The normalized spacial score (nSPS) is 12.3. The van der Waals surface area contributed by atoms with E-state index in [0.29, 0.717) is 21.0 Å². The topological polar surface area (TPSA) is 33.1 Å². The minimum absolute atomic E-state index is 0.236. The Morgan fingerprint density at radius 3 is 2.59 bits per heavy atom. The highest BCUT2D eigenvalue weighted by Crippen LogP contribution is 2.46. The van der Waals surface area contributed by atoms with E-state index < -0.39 is 17.7 Å². The van der Waals surface area contributed by atoms with Crippen LogP contribution in [-0.2, 0) is 0 Å². The fourth-order valence-electron chi connectivity index (χ4n) is 2.89. The molecule has 0 radical (unpaired) electrons. The van der Waals surface area contributed by atoms with Gasteiger partial charge in [-0.05, 0) is 35.7 Å². The Morgan fingerprint density at radius 2 is 1.93 bits per heavy atom. The number of hydrogen-bond acceptors (Lipinski definition) is 4. The Morgan fingerprint density at radius 1 is 1.07 bits per heavy atom. The molecule has 0 amide bonds. The fourth-order valence-corrected chi connectivity index (χ4v) is 5.18. The summed E-state index contributed by atoms with van der Waals surface area (Å²) in [7, 11) is 0. The van der Waals surface area contributed by atoms with Crippen molar-refractivity contribution in [2.45, 2.75) is 6.10 Å². The Balaban J connectivity index is 1.93. The Bertz CT molecular complexity index is 1090. The quantitative estimate of drug-likeness (QED) is 0.406. The number of hydrogen-bond donors (Lipinski definition) is 1. The first-order valence-electron chi connectivity index (χ1n) is 7.95. The molecule has 4 aromatic rings. The number of aliphatic hydroxyl groups is 1. The minimum Gasteiger partial charge on any atom is -0.384 e. The van der Waals surface area contributed by atoms with E-state index >= 15 is 0 Å². The van der Waals surface area contributed by atoms with Crippen LogP contribution in [-0.4, -0.2) is 10.1 Å². The predicted molar refractivity (Wildman–Crippen MR) is 106 cm³/mol. The summed E-state index contributed by atoms with van der Waals surface area (Å²) in [5.74, 6) is -1.32. The van der Waals surface area contributed by atoms with Crippen molar-refractivity contribution in [3.8, 4) is 20.9 Å². The lowest BCUT2D eigenvalue weighted by atomic mass is 9.94. The van der Waals surface area contributed by atoms with Gasteiger partial charge in [0.2, 0.25) is 0 Å². The Hall–Kier alpha value is -2.12. The standard InChI is InChI=1S/C20H12ClF2NOS2/c21-17-6-5-16(27-17)20-18(19(25)11-2-1-7-24-9-11)14(10-26-20)13-4-3-12(22)8-15(13)23/h1-10,19,25H. The lowest BCUT2D eigenvalue weighted by molar-refractivity contribution is 0.221. The van der Waals surface area contributed by atoms with E-state index in [1.165, 1.54) is 34.8 Å². The van der Waals surface area contributed by atoms with Crippen LogP contribution in [0, 0.1) is 11.6 Å². The molecule has 136 valence electrons. The van der Waals surface area contributed by atoms with Crippen molar-refractivity contribution in [1.29, 1.82) is 0 Å². The Labute approximate surface area is 167 Å². The minimum atomic E-state index is -1.01. The molecule has 3 aromatic heterocycles. The van der Waals surface area contributed by atoms with Crippen LogP contribution in [0.2, 0.25) is 4.34 Å². The molecule has 0 bridgehead atoms. The van der Waals surface area contributed by atoms with Gasteiger partial charge in [-0.3, -0.25) is 4.98 Å². The van der Waals surface area contributed by atoms with Crippen molar-refractivity contribution < 1.29 is 13.9 Å². The van der Waals surface area contributed by atoms with Crippen molar-refractivity contribution in [2.24, 2.45) is 0 Å². The van der Waals surface area contributed by atoms with Gasteiger partial charge in [-0.25, -0.2) is 8.78 Å². The largest absolute Gasteiger partial charge is 0.384 e. The summed E-state index contributed by atoms with van der Waals surface area (Å²) in [6.45, 7) is 0. The van der Waals surface area contributed by atoms with E-state index in [1.807, 2.05) is 6.07 Å². The summed E-state index contributed by atoms with van der Waals surface area (Å²) in [4.78, 5) is 5.72. The zero-order chi connectivity index (χ0) is 19.0. The SMILES string of the molecule is OC(c1cccnc1)c1c(-c2ccc(F)cc2F)csc1-c1ccc(Cl)s1. The van der Waals surface area contributed by atoms with Crippen LogP contribution < -0.4 is 0 Å². The summed E-state index contributed by atoms with van der Waals surface area (Å²) in [5, 5.41) is 12.8. The summed E-state index contributed by atoms with van der Waals surface area (Å²) < 4.78 is 28.4. The van der Waals surface area contributed by atoms with E-state index in [9.17, 15) is 13.9 Å². The second-order valence-corrected chi connectivity index (χ2v) is 8.40. The molecular formula is C20H12ClF2NOS2. The summed E-state index contributed by atoms with van der Waals surface area (Å²) in [5.41, 5.74) is 1.90. The summed E-state index contributed by atoms with van der Waals surface area (Å²) in [6.07, 6.45) is 2.17. The maximum Gasteiger partial charge on any atom is 0.133 e. The third kappa shape index (κ3) is 3.53. The maximum absolute atomic E-state index is 14.4. The van der Waals surface area contributed by atoms with E-state index in [-0.39, 0.29) is 5.56 Å². The number of aliphatic hydroxyl groups excluding tert-OH is 1. The zero-order valence-electron chi connectivity index (χ0n) is 13.7. The van der Waals surface area contributed by atoms with Crippen molar-refractivity contribution in [3.05, 3.63) is 87.3 Å². The molecule has 7 heteroatoms. The van der Waals surface area contributed by atoms with Crippen LogP contribution in [0.5, 0.6) is 0 Å². The monoisotopic (exact) mass is 419 g/mol. The van der Waals surface area contributed by atoms with Gasteiger partial charge >= 0.3 is 0 Å². The number of aromatic nitrogens is 1. The highest BCUT2D eigenvalue weighted by molar-refractivity contribution is 7.23. The van der Waals surface area contributed by atoms with Crippen molar-refractivity contribution in [2.75, 3.05) is 0 Å². The molecule has 0 fully saturated rings. The average molecular weight is 420 g/mol. The van der Waals surface area contributed by atoms with Crippen LogP contribution in [0.4, 0.5) is 8.78 Å². The second-order valence-electron chi connectivity index (χ2n) is 5.81. The first-order valence-corrected chi connectivity index (χ1v) is 10.0. The molecule has 27 heavy (non-hydrogen) atoms. The van der Waals surface area contributed by atoms with E-state index in [0.717, 1.165) is 15.8 Å². The average Bonchev–Trinajstić information content (AvgIpc) is 3.28. The molecule has 2 nitrogen and oxygen atoms in total. The van der Waals surface area contributed by atoms with Gasteiger partial charge in [0.05, 0.1) is 9.21 Å². The van der Waals surface area contributed by atoms with Crippen LogP contribution >= 0.6 is 34.3 Å². The molecule has 4 rings (SSSR count). The van der Waals surface area contributed by atoms with Gasteiger partial charge in [0, 0.05) is 45.6 Å². The van der Waals surface area contributed by atoms with Gasteiger partial charge < -0.3 is 5.11 Å². The molecule has 1 unspecified atom stereocenters. The summed E-state index contributed by atoms with van der Waals surface area (Å²) >= 11 is 8.84. The predicted octanol–water partition coefficient (Wildman–Crippen LogP) is 6.55. The zero-order valence-corrected chi connectivity index (χ0v) is 16.1. The van der Waals surface area contributed by atoms with Crippen LogP contribution in [0.3, 0.4) is 0 Å². The molecule has 0 saturated heterocycles. The number of benzene rings is 1. The number of nitrogens with zero attached hydrogens (tertiary/aromatic N) is 1. The van der Waals surface area contributed by atoms with Crippen molar-refractivity contribution >= 4 is 34.3 Å². The number of rotatable bonds is 4. The first-order chi connectivity index (χ1) is 13.0. The number of halogens is 3. The summed E-state index contributed by atoms with van der Waals surface area (Å²) in [6, 6.07) is 10.6.